The molecule has 0 saturated carbocycles. The second kappa shape index (κ2) is 5.71. The summed E-state index contributed by atoms with van der Waals surface area (Å²) in [6, 6.07) is 3.51. The summed E-state index contributed by atoms with van der Waals surface area (Å²) in [5.41, 5.74) is 0.896. The van der Waals surface area contributed by atoms with Gasteiger partial charge in [0.1, 0.15) is 0 Å². The summed E-state index contributed by atoms with van der Waals surface area (Å²) in [6.45, 7) is 3.20. The van der Waals surface area contributed by atoms with Crippen LogP contribution in [0.15, 0.2) is 12.1 Å². The number of hydrogen-bond acceptors (Lipinski definition) is 2. The van der Waals surface area contributed by atoms with Crippen molar-refractivity contribution in [2.75, 3.05) is 13.2 Å². The van der Waals surface area contributed by atoms with Gasteiger partial charge in [0.25, 0.3) is 0 Å². The van der Waals surface area contributed by atoms with Gasteiger partial charge in [-0.15, -0.1) is 12.4 Å². The van der Waals surface area contributed by atoms with E-state index in [2.05, 4.69) is 5.32 Å². The van der Waals surface area contributed by atoms with Crippen molar-refractivity contribution in [2.24, 2.45) is 0 Å². The highest BCUT2D eigenvalue weighted by atomic mass is 35.5. The maximum absolute atomic E-state index is 13.6. The van der Waals surface area contributed by atoms with Crippen LogP contribution in [0, 0.1) is 5.82 Å². The van der Waals surface area contributed by atoms with Gasteiger partial charge < -0.3 is 10.1 Å². The van der Waals surface area contributed by atoms with Crippen molar-refractivity contribution in [3.63, 3.8) is 0 Å². The predicted molar refractivity (Wildman–Crippen MR) is 65.2 cm³/mol. The van der Waals surface area contributed by atoms with Crippen LogP contribution >= 0.6 is 24.0 Å². The minimum atomic E-state index is -0.381. The lowest BCUT2D eigenvalue weighted by Crippen LogP contribution is -2.34. The summed E-state index contributed by atoms with van der Waals surface area (Å²) in [6.07, 6.45) is 1.03. The Kier molecular flexibility index (Phi) is 4.84. The zero-order chi connectivity index (χ0) is 10.8. The van der Waals surface area contributed by atoms with E-state index in [-0.39, 0.29) is 30.0 Å². The van der Waals surface area contributed by atoms with Crippen LogP contribution in [0.2, 0.25) is 5.02 Å². The fourth-order valence-corrected chi connectivity index (χ4v) is 1.91. The molecule has 2 rings (SSSR count). The molecule has 1 heterocycles. The lowest BCUT2D eigenvalue weighted by atomic mass is 9.98. The molecule has 2 nitrogen and oxygen atoms in total. The minimum Gasteiger partial charge on any atom is -0.489 e. The molecule has 1 atom stereocenters. The average molecular weight is 266 g/mol. The molecule has 0 bridgehead atoms. The molecule has 0 amide bonds. The second-order valence-electron chi connectivity index (χ2n) is 3.54. The van der Waals surface area contributed by atoms with Crippen LogP contribution in [-0.2, 0) is 0 Å². The predicted octanol–water partition coefficient (Wildman–Crippen LogP) is 3.33. The number of rotatable bonds is 3. The summed E-state index contributed by atoms with van der Waals surface area (Å²) in [4.78, 5) is 0. The standard InChI is InChI=1S/C11H13ClFNO.ClH/c1-2-15-11-8(12)5-7(6-9(11)13)10-3-4-14-10;/h5-6,10,14H,2-4H2,1H3;1H/t10-;/m1./s1. The van der Waals surface area contributed by atoms with Gasteiger partial charge >= 0.3 is 0 Å². The molecule has 0 spiro atoms. The summed E-state index contributed by atoms with van der Waals surface area (Å²) >= 11 is 5.95. The fraction of sp³-hybridized carbons (Fsp3) is 0.455. The first-order valence-corrected chi connectivity index (χ1v) is 5.45. The Morgan fingerprint density at radius 2 is 2.25 bits per heavy atom. The van der Waals surface area contributed by atoms with Crippen LogP contribution in [0.25, 0.3) is 0 Å². The van der Waals surface area contributed by atoms with Crippen LogP contribution in [-0.4, -0.2) is 13.2 Å². The van der Waals surface area contributed by atoms with Gasteiger partial charge in [0.2, 0.25) is 0 Å². The highest BCUT2D eigenvalue weighted by Crippen LogP contribution is 2.33. The third kappa shape index (κ3) is 2.59. The van der Waals surface area contributed by atoms with Crippen molar-refractivity contribution in [3.8, 4) is 5.75 Å². The molecule has 5 heteroatoms. The van der Waals surface area contributed by atoms with Crippen molar-refractivity contribution in [1.29, 1.82) is 0 Å². The van der Waals surface area contributed by atoms with Gasteiger partial charge in [-0.2, -0.15) is 0 Å². The Morgan fingerprint density at radius 3 is 2.69 bits per heavy atom. The molecule has 90 valence electrons. The van der Waals surface area contributed by atoms with E-state index in [1.807, 2.05) is 0 Å². The molecule has 0 aliphatic carbocycles. The molecule has 16 heavy (non-hydrogen) atoms. The van der Waals surface area contributed by atoms with Crippen LogP contribution in [0.4, 0.5) is 4.39 Å². The maximum Gasteiger partial charge on any atom is 0.173 e. The summed E-state index contributed by atoms with van der Waals surface area (Å²) in [7, 11) is 0. The summed E-state index contributed by atoms with van der Waals surface area (Å²) in [5, 5.41) is 3.55. The van der Waals surface area contributed by atoms with Crippen molar-refractivity contribution in [3.05, 3.63) is 28.5 Å². The zero-order valence-corrected chi connectivity index (χ0v) is 10.5. The molecule has 0 radical (unpaired) electrons. The van der Waals surface area contributed by atoms with Crippen LogP contribution < -0.4 is 10.1 Å². The van der Waals surface area contributed by atoms with E-state index < -0.39 is 0 Å². The third-order valence-corrected chi connectivity index (χ3v) is 2.82. The second-order valence-corrected chi connectivity index (χ2v) is 3.95. The van der Waals surface area contributed by atoms with Crippen LogP contribution in [0.1, 0.15) is 24.9 Å². The van der Waals surface area contributed by atoms with E-state index >= 15 is 0 Å². The van der Waals surface area contributed by atoms with Gasteiger partial charge in [-0.1, -0.05) is 11.6 Å². The van der Waals surface area contributed by atoms with Gasteiger partial charge in [0.15, 0.2) is 11.6 Å². The first kappa shape index (κ1) is 13.6. The Bertz CT molecular complexity index is 346. The largest absolute Gasteiger partial charge is 0.489 e. The van der Waals surface area contributed by atoms with E-state index in [1.54, 1.807) is 13.0 Å². The Labute approximate surface area is 106 Å². The smallest absolute Gasteiger partial charge is 0.173 e. The molecule has 1 fully saturated rings. The van der Waals surface area contributed by atoms with Gasteiger partial charge in [-0.05, 0) is 37.6 Å². The molecule has 1 aliphatic rings. The van der Waals surface area contributed by atoms with E-state index in [4.69, 9.17) is 16.3 Å². The van der Waals surface area contributed by atoms with E-state index in [9.17, 15) is 4.39 Å². The van der Waals surface area contributed by atoms with Crippen molar-refractivity contribution >= 4 is 24.0 Å². The highest BCUT2D eigenvalue weighted by molar-refractivity contribution is 6.32. The monoisotopic (exact) mass is 265 g/mol. The van der Waals surface area contributed by atoms with Crippen LogP contribution in [0.3, 0.4) is 0 Å². The van der Waals surface area contributed by atoms with Crippen molar-refractivity contribution in [2.45, 2.75) is 19.4 Å². The first-order valence-electron chi connectivity index (χ1n) is 5.07. The molecule has 1 saturated heterocycles. The fourth-order valence-electron chi connectivity index (χ4n) is 1.64. The van der Waals surface area contributed by atoms with Gasteiger partial charge in [0, 0.05) is 6.04 Å². The van der Waals surface area contributed by atoms with E-state index in [0.29, 0.717) is 11.6 Å². The number of nitrogens with one attached hydrogen (secondary N) is 1. The van der Waals surface area contributed by atoms with Gasteiger partial charge in [-0.3, -0.25) is 0 Å². The number of halogens is 3. The van der Waals surface area contributed by atoms with Crippen LogP contribution in [0.5, 0.6) is 5.75 Å². The molecule has 1 aromatic carbocycles. The normalized spacial score (nSPS) is 18.6. The minimum absolute atomic E-state index is 0. The molecule has 1 aromatic rings. The summed E-state index contributed by atoms with van der Waals surface area (Å²) < 4.78 is 18.7. The molecule has 0 unspecified atom stereocenters. The number of hydrogen-bond donors (Lipinski definition) is 1. The third-order valence-electron chi connectivity index (χ3n) is 2.54. The SMILES string of the molecule is CCOc1c(F)cc([C@H]2CCN2)cc1Cl.Cl. The molecule has 0 aromatic heterocycles. The highest BCUT2D eigenvalue weighted by Gasteiger charge is 2.21. The maximum atomic E-state index is 13.6. The average Bonchev–Trinajstić information content (AvgIpc) is 2.08. The Hall–Kier alpha value is -0.510. The molecular weight excluding hydrogens is 252 g/mol. The van der Waals surface area contributed by atoms with Gasteiger partial charge in [0.05, 0.1) is 11.6 Å². The lowest BCUT2D eigenvalue weighted by molar-refractivity contribution is 0.320. The van der Waals surface area contributed by atoms with E-state index in [1.165, 1.54) is 6.07 Å². The zero-order valence-electron chi connectivity index (χ0n) is 8.93. The lowest BCUT2D eigenvalue weighted by Gasteiger charge is -2.28. The van der Waals surface area contributed by atoms with Crippen molar-refractivity contribution in [1.82, 2.24) is 5.32 Å². The first-order chi connectivity index (χ1) is 7.22. The molecule has 1 N–H and O–H groups in total. The Morgan fingerprint density at radius 1 is 1.56 bits per heavy atom. The van der Waals surface area contributed by atoms with E-state index in [0.717, 1.165) is 18.5 Å². The van der Waals surface area contributed by atoms with Gasteiger partial charge in [-0.25, -0.2) is 4.39 Å². The Balaban J connectivity index is 0.00000128. The molecule has 1 aliphatic heterocycles. The number of benzene rings is 1. The van der Waals surface area contributed by atoms with Crippen molar-refractivity contribution < 1.29 is 9.13 Å². The summed E-state index contributed by atoms with van der Waals surface area (Å²) in [5.74, 6) is -0.227. The topological polar surface area (TPSA) is 21.3 Å². The number of ether oxygens (including phenoxy) is 1. The quantitative estimate of drug-likeness (QED) is 0.906. The molecular formula is C11H14Cl2FNO.